The number of hydrogen-bond acceptors (Lipinski definition) is 3. The summed E-state index contributed by atoms with van der Waals surface area (Å²) in [6.45, 7) is 0. The first kappa shape index (κ1) is 11.6. The van der Waals surface area contributed by atoms with Gasteiger partial charge in [-0.3, -0.25) is 4.79 Å². The Morgan fingerprint density at radius 1 is 1.50 bits per heavy atom. The zero-order valence-electron chi connectivity index (χ0n) is 8.33. The highest BCUT2D eigenvalue weighted by Crippen LogP contribution is 2.33. The third-order valence-corrected chi connectivity index (χ3v) is 4.63. The first-order valence-corrected chi connectivity index (χ1v) is 6.51. The lowest BCUT2D eigenvalue weighted by Crippen LogP contribution is -2.59. The van der Waals surface area contributed by atoms with E-state index in [9.17, 15) is 9.59 Å². The molecule has 1 amide bonds. The Bertz CT molecular complexity index is 439. The third kappa shape index (κ3) is 1.87. The number of carbonyl (C=O) groups excluding carboxylic acids is 1. The smallest absolute Gasteiger partial charge is 0.329 e. The maximum atomic E-state index is 11.8. The first-order valence-electron chi connectivity index (χ1n) is 4.84. The molecule has 0 bridgehead atoms. The van der Waals surface area contributed by atoms with E-state index in [1.165, 1.54) is 11.3 Å². The summed E-state index contributed by atoms with van der Waals surface area (Å²) in [4.78, 5) is 23.4. The molecule has 6 heteroatoms. The molecule has 0 aliphatic heterocycles. The van der Waals surface area contributed by atoms with Gasteiger partial charge in [0.1, 0.15) is 10.4 Å². The molecule has 0 radical (unpaired) electrons. The molecular formula is C10H10BrNO3S. The molecular weight excluding hydrogens is 294 g/mol. The van der Waals surface area contributed by atoms with Crippen LogP contribution in [0.25, 0.3) is 0 Å². The lowest BCUT2D eigenvalue weighted by atomic mass is 9.77. The summed E-state index contributed by atoms with van der Waals surface area (Å²) in [7, 11) is 0. The van der Waals surface area contributed by atoms with Crippen LogP contribution < -0.4 is 5.32 Å². The van der Waals surface area contributed by atoms with Gasteiger partial charge in [0.25, 0.3) is 5.91 Å². The van der Waals surface area contributed by atoms with Crippen molar-refractivity contribution in [1.82, 2.24) is 5.32 Å². The van der Waals surface area contributed by atoms with Gasteiger partial charge < -0.3 is 10.4 Å². The van der Waals surface area contributed by atoms with Crippen molar-refractivity contribution in [2.75, 3.05) is 0 Å². The van der Waals surface area contributed by atoms with Crippen LogP contribution in [0.1, 0.15) is 28.9 Å². The van der Waals surface area contributed by atoms with Gasteiger partial charge in [0, 0.05) is 4.47 Å². The summed E-state index contributed by atoms with van der Waals surface area (Å²) in [5.74, 6) is -1.26. The highest BCUT2D eigenvalue weighted by molar-refractivity contribution is 9.10. The molecule has 0 unspecified atom stereocenters. The third-order valence-electron chi connectivity index (χ3n) is 2.79. The maximum absolute atomic E-state index is 11.8. The number of halogens is 1. The lowest BCUT2D eigenvalue weighted by molar-refractivity contribution is -0.148. The van der Waals surface area contributed by atoms with Crippen LogP contribution in [0.2, 0.25) is 0 Å². The zero-order chi connectivity index (χ0) is 11.8. The van der Waals surface area contributed by atoms with E-state index in [4.69, 9.17) is 5.11 Å². The Morgan fingerprint density at radius 3 is 2.56 bits per heavy atom. The van der Waals surface area contributed by atoms with Gasteiger partial charge in [-0.25, -0.2) is 4.79 Å². The van der Waals surface area contributed by atoms with E-state index in [0.717, 1.165) is 6.42 Å². The summed E-state index contributed by atoms with van der Waals surface area (Å²) in [6.07, 6.45) is 1.87. The summed E-state index contributed by atoms with van der Waals surface area (Å²) in [6, 6.07) is 1.77. The number of carbonyl (C=O) groups is 2. The molecule has 1 aliphatic rings. The second-order valence-electron chi connectivity index (χ2n) is 3.79. The number of carboxylic acids is 1. The molecule has 1 heterocycles. The maximum Gasteiger partial charge on any atom is 0.329 e. The van der Waals surface area contributed by atoms with Gasteiger partial charge in [0.15, 0.2) is 0 Å². The van der Waals surface area contributed by atoms with E-state index in [2.05, 4.69) is 21.2 Å². The standard InChI is InChI=1S/C10H10BrNO3S/c11-6-2-5-16-7(6)8(13)12-10(9(14)15)3-1-4-10/h2,5H,1,3-4H2,(H,12,13)(H,14,15). The highest BCUT2D eigenvalue weighted by Gasteiger charge is 2.46. The predicted molar refractivity (Wildman–Crippen MR) is 63.7 cm³/mol. The Balaban J connectivity index is 2.13. The number of amides is 1. The second kappa shape index (κ2) is 4.18. The number of rotatable bonds is 3. The van der Waals surface area contributed by atoms with Gasteiger partial charge in [-0.15, -0.1) is 11.3 Å². The summed E-state index contributed by atoms with van der Waals surface area (Å²) in [5.41, 5.74) is -1.04. The van der Waals surface area contributed by atoms with Crippen molar-refractivity contribution in [3.05, 3.63) is 20.8 Å². The van der Waals surface area contributed by atoms with E-state index in [-0.39, 0.29) is 5.91 Å². The molecule has 4 nitrogen and oxygen atoms in total. The fourth-order valence-electron chi connectivity index (χ4n) is 1.65. The molecule has 86 valence electrons. The van der Waals surface area contributed by atoms with Crippen molar-refractivity contribution in [3.8, 4) is 0 Å². The molecule has 0 aromatic carbocycles. The van der Waals surface area contributed by atoms with Crippen LogP contribution in [0.3, 0.4) is 0 Å². The molecule has 0 atom stereocenters. The molecule has 1 fully saturated rings. The minimum atomic E-state index is -1.04. The molecule has 2 N–H and O–H groups in total. The van der Waals surface area contributed by atoms with Gasteiger partial charge in [-0.05, 0) is 46.6 Å². The van der Waals surface area contributed by atoms with Crippen LogP contribution in [-0.2, 0) is 4.79 Å². The molecule has 0 spiro atoms. The number of thiophene rings is 1. The minimum absolute atomic E-state index is 0.316. The van der Waals surface area contributed by atoms with E-state index in [0.29, 0.717) is 22.2 Å². The van der Waals surface area contributed by atoms with Crippen LogP contribution in [0.5, 0.6) is 0 Å². The quantitative estimate of drug-likeness (QED) is 0.900. The second-order valence-corrected chi connectivity index (χ2v) is 5.56. The summed E-state index contributed by atoms with van der Waals surface area (Å²) in [5, 5.41) is 13.5. The van der Waals surface area contributed by atoms with Gasteiger partial charge in [-0.1, -0.05) is 0 Å². The van der Waals surface area contributed by atoms with Crippen LogP contribution in [0, 0.1) is 0 Å². The number of nitrogens with one attached hydrogen (secondary N) is 1. The van der Waals surface area contributed by atoms with Gasteiger partial charge in [0.05, 0.1) is 0 Å². The highest BCUT2D eigenvalue weighted by atomic mass is 79.9. The molecule has 16 heavy (non-hydrogen) atoms. The topological polar surface area (TPSA) is 66.4 Å². The van der Waals surface area contributed by atoms with Gasteiger partial charge in [0.2, 0.25) is 0 Å². The number of hydrogen-bond donors (Lipinski definition) is 2. The van der Waals surface area contributed by atoms with Crippen molar-refractivity contribution < 1.29 is 14.7 Å². The molecule has 1 saturated carbocycles. The van der Waals surface area contributed by atoms with Crippen molar-refractivity contribution in [2.24, 2.45) is 0 Å². The Morgan fingerprint density at radius 2 is 2.19 bits per heavy atom. The van der Waals surface area contributed by atoms with Crippen molar-refractivity contribution in [2.45, 2.75) is 24.8 Å². The van der Waals surface area contributed by atoms with Crippen molar-refractivity contribution in [1.29, 1.82) is 0 Å². The summed E-state index contributed by atoms with van der Waals surface area (Å²) < 4.78 is 0.704. The van der Waals surface area contributed by atoms with Crippen LogP contribution >= 0.6 is 27.3 Å². The minimum Gasteiger partial charge on any atom is -0.480 e. The average molecular weight is 304 g/mol. The molecule has 2 rings (SSSR count). The SMILES string of the molecule is O=C(NC1(C(=O)O)CCC1)c1sccc1Br. The van der Waals surface area contributed by atoms with Crippen LogP contribution in [-0.4, -0.2) is 22.5 Å². The largest absolute Gasteiger partial charge is 0.480 e. The number of aliphatic carboxylic acids is 1. The van der Waals surface area contributed by atoms with E-state index in [1.807, 2.05) is 0 Å². The first-order chi connectivity index (χ1) is 7.55. The molecule has 1 aromatic rings. The normalized spacial score (nSPS) is 17.6. The number of carboxylic acid groups (broad SMARTS) is 1. The fraction of sp³-hybridized carbons (Fsp3) is 0.400. The zero-order valence-corrected chi connectivity index (χ0v) is 10.7. The molecule has 1 aromatic heterocycles. The van der Waals surface area contributed by atoms with Gasteiger partial charge in [-0.2, -0.15) is 0 Å². The Kier molecular flexibility index (Phi) is 3.03. The van der Waals surface area contributed by atoms with Crippen LogP contribution in [0.4, 0.5) is 0 Å². The van der Waals surface area contributed by atoms with E-state index >= 15 is 0 Å². The molecule has 0 saturated heterocycles. The summed E-state index contributed by atoms with van der Waals surface area (Å²) >= 11 is 4.55. The predicted octanol–water partition coefficient (Wildman–Crippen LogP) is 2.25. The average Bonchev–Trinajstić information content (AvgIpc) is 2.57. The Labute approximate surface area is 105 Å². The van der Waals surface area contributed by atoms with Crippen molar-refractivity contribution >= 4 is 39.1 Å². The Hall–Kier alpha value is -0.880. The molecule has 1 aliphatic carbocycles. The van der Waals surface area contributed by atoms with Gasteiger partial charge >= 0.3 is 5.97 Å². The van der Waals surface area contributed by atoms with Crippen LogP contribution in [0.15, 0.2) is 15.9 Å². The van der Waals surface area contributed by atoms with E-state index < -0.39 is 11.5 Å². The monoisotopic (exact) mass is 303 g/mol. The fourth-order valence-corrected chi connectivity index (χ4v) is 3.10. The van der Waals surface area contributed by atoms with E-state index in [1.54, 1.807) is 11.4 Å². The lowest BCUT2D eigenvalue weighted by Gasteiger charge is -2.38. The van der Waals surface area contributed by atoms with Crippen molar-refractivity contribution in [3.63, 3.8) is 0 Å².